The molecular weight excluding hydrogens is 483 g/mol. The number of carbonyl (C=O) groups is 2. The van der Waals surface area contributed by atoms with Crippen molar-refractivity contribution in [3.63, 3.8) is 0 Å². The van der Waals surface area contributed by atoms with Crippen molar-refractivity contribution < 1.29 is 24.1 Å². The maximum Gasteiger partial charge on any atom is 0.475 e. The molecule has 0 saturated heterocycles. The predicted molar refractivity (Wildman–Crippen MR) is 146 cm³/mol. The third kappa shape index (κ3) is 7.84. The summed E-state index contributed by atoms with van der Waals surface area (Å²) in [4.78, 5) is 26.6. The smallest absolute Gasteiger partial charge is 0.464 e. The molecule has 0 bridgehead atoms. The number of benzene rings is 2. The highest BCUT2D eigenvalue weighted by Crippen LogP contribution is 2.22. The highest BCUT2D eigenvalue weighted by atomic mass is 16.4. The number of hydrogen-bond acceptors (Lipinski definition) is 6. The van der Waals surface area contributed by atoms with Crippen molar-refractivity contribution in [2.45, 2.75) is 45.5 Å². The minimum absolute atomic E-state index is 0.129. The summed E-state index contributed by atoms with van der Waals surface area (Å²) in [5.74, 6) is -1.71. The van der Waals surface area contributed by atoms with Crippen LogP contribution in [0, 0.1) is 17.2 Å². The summed E-state index contributed by atoms with van der Waals surface area (Å²) in [6.45, 7) is 5.32. The molecule has 3 rings (SSSR count). The number of nitriles is 1. The first-order chi connectivity index (χ1) is 18.4. The van der Waals surface area contributed by atoms with Gasteiger partial charge in [0.2, 0.25) is 5.91 Å². The quantitative estimate of drug-likeness (QED) is 0.257. The number of para-hydroxylation sites is 1. The SMILES string of the molecule is CCN(CC)C(=O)C(C#N)CCc1cccc(CCNC(=O)N[C@@H](Cc2coc3ccccc23)B(O)O)c1. The number of rotatable bonds is 13. The van der Waals surface area contributed by atoms with Crippen LogP contribution in [0.25, 0.3) is 11.0 Å². The fourth-order valence-electron chi connectivity index (χ4n) is 4.45. The van der Waals surface area contributed by atoms with Crippen molar-refractivity contribution in [3.05, 3.63) is 71.5 Å². The van der Waals surface area contributed by atoms with E-state index in [1.807, 2.05) is 62.4 Å². The van der Waals surface area contributed by atoms with E-state index in [2.05, 4.69) is 16.7 Å². The summed E-state index contributed by atoms with van der Waals surface area (Å²) in [6.07, 6.45) is 3.38. The summed E-state index contributed by atoms with van der Waals surface area (Å²) < 4.78 is 5.50. The summed E-state index contributed by atoms with van der Waals surface area (Å²) in [5.41, 5.74) is 3.50. The van der Waals surface area contributed by atoms with Crippen LogP contribution in [0.5, 0.6) is 0 Å². The van der Waals surface area contributed by atoms with E-state index in [0.29, 0.717) is 44.5 Å². The number of nitrogens with zero attached hydrogens (tertiary/aromatic N) is 2. The largest absolute Gasteiger partial charge is 0.475 e. The number of carbonyl (C=O) groups excluding carboxylic acids is 2. The number of amides is 3. The Hall–Kier alpha value is -3.81. The maximum atomic E-state index is 12.5. The van der Waals surface area contributed by atoms with Crippen LogP contribution in [-0.2, 0) is 24.1 Å². The Morgan fingerprint density at radius 2 is 1.79 bits per heavy atom. The van der Waals surface area contributed by atoms with E-state index in [4.69, 9.17) is 4.42 Å². The van der Waals surface area contributed by atoms with Crippen LogP contribution < -0.4 is 10.6 Å². The van der Waals surface area contributed by atoms with Gasteiger partial charge in [0.1, 0.15) is 11.5 Å². The lowest BCUT2D eigenvalue weighted by Gasteiger charge is -2.21. The minimum Gasteiger partial charge on any atom is -0.464 e. The van der Waals surface area contributed by atoms with Gasteiger partial charge in [-0.25, -0.2) is 4.79 Å². The van der Waals surface area contributed by atoms with Gasteiger partial charge in [-0.2, -0.15) is 5.26 Å². The molecule has 1 aromatic heterocycles. The Bertz CT molecular complexity index is 1250. The zero-order valence-electron chi connectivity index (χ0n) is 21.9. The third-order valence-electron chi connectivity index (χ3n) is 6.62. The summed E-state index contributed by atoms with van der Waals surface area (Å²) in [7, 11) is -1.74. The van der Waals surface area contributed by atoms with Crippen LogP contribution in [0.1, 0.15) is 37.0 Å². The average Bonchev–Trinajstić information content (AvgIpc) is 3.32. The molecule has 38 heavy (non-hydrogen) atoms. The normalized spacial score (nSPS) is 12.4. The Morgan fingerprint density at radius 3 is 2.47 bits per heavy atom. The lowest BCUT2D eigenvalue weighted by molar-refractivity contribution is -0.133. The summed E-state index contributed by atoms with van der Waals surface area (Å²) >= 11 is 0. The van der Waals surface area contributed by atoms with Crippen LogP contribution in [0.2, 0.25) is 0 Å². The van der Waals surface area contributed by atoms with Gasteiger partial charge in [0.15, 0.2) is 0 Å². The van der Waals surface area contributed by atoms with E-state index < -0.39 is 25.0 Å². The van der Waals surface area contributed by atoms with Crippen molar-refractivity contribution in [1.29, 1.82) is 5.26 Å². The molecule has 0 spiro atoms. The van der Waals surface area contributed by atoms with E-state index in [1.165, 1.54) is 0 Å². The van der Waals surface area contributed by atoms with E-state index >= 15 is 0 Å². The lowest BCUT2D eigenvalue weighted by atomic mass is 9.76. The van der Waals surface area contributed by atoms with Crippen molar-refractivity contribution in [2.75, 3.05) is 19.6 Å². The van der Waals surface area contributed by atoms with E-state index in [0.717, 1.165) is 22.1 Å². The molecule has 200 valence electrons. The number of fused-ring (bicyclic) bond motifs is 1. The van der Waals surface area contributed by atoms with Crippen molar-refractivity contribution in [3.8, 4) is 6.07 Å². The van der Waals surface area contributed by atoms with Crippen LogP contribution >= 0.6 is 0 Å². The molecule has 1 heterocycles. The first kappa shape index (κ1) is 28.8. The Labute approximate surface area is 223 Å². The summed E-state index contributed by atoms with van der Waals surface area (Å²) in [5, 5.41) is 35.3. The van der Waals surface area contributed by atoms with Crippen LogP contribution in [0.15, 0.2) is 59.2 Å². The Balaban J connectivity index is 1.49. The van der Waals surface area contributed by atoms with Crippen LogP contribution in [0.4, 0.5) is 4.79 Å². The van der Waals surface area contributed by atoms with Crippen molar-refractivity contribution in [2.24, 2.45) is 5.92 Å². The first-order valence-electron chi connectivity index (χ1n) is 13.0. The first-order valence-corrected chi connectivity index (χ1v) is 13.0. The predicted octanol–water partition coefficient (Wildman–Crippen LogP) is 2.84. The molecule has 3 aromatic rings. The van der Waals surface area contributed by atoms with E-state index in [9.17, 15) is 24.9 Å². The van der Waals surface area contributed by atoms with Gasteiger partial charge in [-0.15, -0.1) is 0 Å². The van der Waals surface area contributed by atoms with Crippen molar-refractivity contribution >= 4 is 30.0 Å². The maximum absolute atomic E-state index is 12.5. The number of aryl methyl sites for hydroxylation is 1. The number of furan rings is 1. The minimum atomic E-state index is -1.74. The molecule has 0 aliphatic rings. The van der Waals surface area contributed by atoms with Gasteiger partial charge in [-0.05, 0) is 62.3 Å². The van der Waals surface area contributed by atoms with Gasteiger partial charge in [0, 0.05) is 25.0 Å². The lowest BCUT2D eigenvalue weighted by Crippen LogP contribution is -2.51. The number of nitrogens with one attached hydrogen (secondary N) is 2. The van der Waals surface area contributed by atoms with Crippen LogP contribution in [-0.4, -0.2) is 59.6 Å². The molecule has 9 nitrogen and oxygen atoms in total. The zero-order valence-corrected chi connectivity index (χ0v) is 21.9. The second-order valence-corrected chi connectivity index (χ2v) is 9.18. The summed E-state index contributed by atoms with van der Waals surface area (Å²) in [6, 6.07) is 16.9. The highest BCUT2D eigenvalue weighted by molar-refractivity contribution is 6.43. The topological polar surface area (TPSA) is 139 Å². The fourth-order valence-corrected chi connectivity index (χ4v) is 4.45. The molecule has 0 saturated carbocycles. The molecule has 1 unspecified atom stereocenters. The fraction of sp³-hybridized carbons (Fsp3) is 0.393. The van der Waals surface area contributed by atoms with E-state index in [-0.39, 0.29) is 12.3 Å². The molecule has 3 amide bonds. The molecule has 0 aliphatic heterocycles. The monoisotopic (exact) mass is 518 g/mol. The molecule has 10 heteroatoms. The third-order valence-corrected chi connectivity index (χ3v) is 6.62. The van der Waals surface area contributed by atoms with Crippen LogP contribution in [0.3, 0.4) is 0 Å². The van der Waals surface area contributed by atoms with Gasteiger partial charge in [0.05, 0.1) is 18.3 Å². The Kier molecular flexibility index (Phi) is 10.8. The van der Waals surface area contributed by atoms with Gasteiger partial charge < -0.3 is 30.0 Å². The molecule has 2 aromatic carbocycles. The molecule has 4 N–H and O–H groups in total. The van der Waals surface area contributed by atoms with Gasteiger partial charge in [-0.1, -0.05) is 42.5 Å². The molecule has 0 radical (unpaired) electrons. The van der Waals surface area contributed by atoms with Gasteiger partial charge in [0.25, 0.3) is 0 Å². The standard InChI is InChI=1S/C28H35BN4O5/c1-3-33(4-2)27(34)22(18-30)13-12-20-8-7-9-21(16-20)14-15-31-28(35)32-26(29(36)37)17-23-19-38-25-11-6-5-10-24(23)25/h5-11,16,19,22,26,36-37H,3-4,12-15,17H2,1-2H3,(H2,31,32,35)/t22?,26-/m0/s1. The zero-order chi connectivity index (χ0) is 27.5. The second kappa shape index (κ2) is 14.2. The van der Waals surface area contributed by atoms with Gasteiger partial charge >= 0.3 is 13.1 Å². The molecule has 0 aliphatic carbocycles. The van der Waals surface area contributed by atoms with E-state index in [1.54, 1.807) is 11.2 Å². The van der Waals surface area contributed by atoms with Crippen molar-refractivity contribution in [1.82, 2.24) is 15.5 Å². The highest BCUT2D eigenvalue weighted by Gasteiger charge is 2.27. The second-order valence-electron chi connectivity index (χ2n) is 9.18. The molecular formula is C28H35BN4O5. The Morgan fingerprint density at radius 1 is 1.08 bits per heavy atom. The number of urea groups is 1. The van der Waals surface area contributed by atoms with Gasteiger partial charge in [-0.3, -0.25) is 4.79 Å². The number of hydrogen-bond donors (Lipinski definition) is 4. The molecule has 0 fully saturated rings. The molecule has 2 atom stereocenters. The average molecular weight is 518 g/mol.